The lowest BCUT2D eigenvalue weighted by Gasteiger charge is -2.01. The molecule has 0 aliphatic rings. The molecule has 3 nitrogen and oxygen atoms in total. The SMILES string of the molecule is Cc1ccc(-n2cc(-c3ccccc3)c(CO)n2)cc1. The topological polar surface area (TPSA) is 38.0 Å². The van der Waals surface area contributed by atoms with Gasteiger partial charge in [-0.2, -0.15) is 5.10 Å². The van der Waals surface area contributed by atoms with E-state index in [0.717, 1.165) is 16.8 Å². The van der Waals surface area contributed by atoms with E-state index in [-0.39, 0.29) is 6.61 Å². The van der Waals surface area contributed by atoms with E-state index in [4.69, 9.17) is 0 Å². The normalized spacial score (nSPS) is 10.7. The van der Waals surface area contributed by atoms with Gasteiger partial charge in [-0.3, -0.25) is 0 Å². The molecule has 1 heterocycles. The molecular weight excluding hydrogens is 248 g/mol. The first-order valence-electron chi connectivity index (χ1n) is 6.60. The summed E-state index contributed by atoms with van der Waals surface area (Å²) in [6, 6.07) is 18.2. The standard InChI is InChI=1S/C17H16N2O/c1-13-7-9-15(10-8-13)19-11-16(17(12-20)18-19)14-5-3-2-4-6-14/h2-11,20H,12H2,1H3. The summed E-state index contributed by atoms with van der Waals surface area (Å²) in [5.74, 6) is 0. The molecule has 0 unspecified atom stereocenters. The third kappa shape index (κ3) is 2.36. The zero-order chi connectivity index (χ0) is 13.9. The Balaban J connectivity index is 2.07. The van der Waals surface area contributed by atoms with Crippen molar-refractivity contribution in [2.75, 3.05) is 0 Å². The van der Waals surface area contributed by atoms with E-state index in [1.54, 1.807) is 0 Å². The quantitative estimate of drug-likeness (QED) is 0.788. The molecule has 0 bridgehead atoms. The fourth-order valence-electron chi connectivity index (χ4n) is 2.21. The molecule has 0 spiro atoms. The number of aromatic nitrogens is 2. The zero-order valence-electron chi connectivity index (χ0n) is 11.3. The van der Waals surface area contributed by atoms with Crippen molar-refractivity contribution in [3.8, 4) is 16.8 Å². The van der Waals surface area contributed by atoms with Crippen LogP contribution in [0.3, 0.4) is 0 Å². The Hall–Kier alpha value is -2.39. The Morgan fingerprint density at radius 2 is 1.70 bits per heavy atom. The summed E-state index contributed by atoms with van der Waals surface area (Å²) in [6.07, 6.45) is 1.96. The van der Waals surface area contributed by atoms with E-state index in [1.807, 2.05) is 53.3 Å². The van der Waals surface area contributed by atoms with Crippen LogP contribution in [0.15, 0.2) is 60.8 Å². The molecule has 3 heteroatoms. The minimum Gasteiger partial charge on any atom is -0.390 e. The summed E-state index contributed by atoms with van der Waals surface area (Å²) >= 11 is 0. The molecule has 0 aliphatic heterocycles. The van der Waals surface area contributed by atoms with E-state index in [9.17, 15) is 5.11 Å². The highest BCUT2D eigenvalue weighted by atomic mass is 16.3. The fraction of sp³-hybridized carbons (Fsp3) is 0.118. The van der Waals surface area contributed by atoms with Crippen LogP contribution in [-0.2, 0) is 6.61 Å². The molecule has 0 radical (unpaired) electrons. The number of nitrogens with zero attached hydrogens (tertiary/aromatic N) is 2. The maximum absolute atomic E-state index is 9.51. The first-order chi connectivity index (χ1) is 9.78. The number of hydrogen-bond donors (Lipinski definition) is 1. The average Bonchev–Trinajstić information content (AvgIpc) is 2.93. The molecule has 2 aromatic carbocycles. The number of benzene rings is 2. The molecule has 1 N–H and O–H groups in total. The van der Waals surface area contributed by atoms with E-state index in [2.05, 4.69) is 24.2 Å². The van der Waals surface area contributed by atoms with Crippen molar-refractivity contribution in [1.29, 1.82) is 0 Å². The Morgan fingerprint density at radius 3 is 2.35 bits per heavy atom. The van der Waals surface area contributed by atoms with Gasteiger partial charge in [-0.05, 0) is 24.6 Å². The third-order valence-corrected chi connectivity index (χ3v) is 3.32. The molecule has 3 rings (SSSR count). The molecule has 0 aliphatic carbocycles. The average molecular weight is 264 g/mol. The van der Waals surface area contributed by atoms with Gasteiger partial charge in [-0.15, -0.1) is 0 Å². The molecule has 0 amide bonds. The van der Waals surface area contributed by atoms with Crippen LogP contribution >= 0.6 is 0 Å². The summed E-state index contributed by atoms with van der Waals surface area (Å²) < 4.78 is 1.81. The van der Waals surface area contributed by atoms with Crippen LogP contribution < -0.4 is 0 Å². The summed E-state index contributed by atoms with van der Waals surface area (Å²) in [5.41, 5.74) is 4.93. The lowest BCUT2D eigenvalue weighted by atomic mass is 10.1. The Morgan fingerprint density at radius 1 is 1.00 bits per heavy atom. The molecule has 0 saturated heterocycles. The maximum atomic E-state index is 9.51. The van der Waals surface area contributed by atoms with Gasteiger partial charge in [0.15, 0.2) is 0 Å². The van der Waals surface area contributed by atoms with Crippen molar-refractivity contribution >= 4 is 0 Å². The minimum atomic E-state index is -0.0664. The van der Waals surface area contributed by atoms with Crippen LogP contribution in [-0.4, -0.2) is 14.9 Å². The summed E-state index contributed by atoms with van der Waals surface area (Å²) in [4.78, 5) is 0. The summed E-state index contributed by atoms with van der Waals surface area (Å²) in [7, 11) is 0. The fourth-order valence-corrected chi connectivity index (χ4v) is 2.21. The van der Waals surface area contributed by atoms with Crippen molar-refractivity contribution < 1.29 is 5.11 Å². The zero-order valence-corrected chi connectivity index (χ0v) is 11.3. The monoisotopic (exact) mass is 264 g/mol. The van der Waals surface area contributed by atoms with Crippen molar-refractivity contribution in [2.45, 2.75) is 13.5 Å². The number of rotatable bonds is 3. The van der Waals surface area contributed by atoms with Gasteiger partial charge < -0.3 is 5.11 Å². The Bertz CT molecular complexity index is 700. The van der Waals surface area contributed by atoms with Crippen LogP contribution in [0, 0.1) is 6.92 Å². The number of aryl methyl sites for hydroxylation is 1. The molecule has 1 aromatic heterocycles. The molecule has 100 valence electrons. The molecular formula is C17H16N2O. The van der Waals surface area contributed by atoms with Gasteiger partial charge in [-0.1, -0.05) is 48.0 Å². The number of aliphatic hydroxyl groups is 1. The van der Waals surface area contributed by atoms with Gasteiger partial charge >= 0.3 is 0 Å². The van der Waals surface area contributed by atoms with Gasteiger partial charge in [-0.25, -0.2) is 4.68 Å². The van der Waals surface area contributed by atoms with Gasteiger partial charge in [0.05, 0.1) is 18.0 Å². The number of hydrogen-bond acceptors (Lipinski definition) is 2. The highest BCUT2D eigenvalue weighted by Gasteiger charge is 2.10. The summed E-state index contributed by atoms with van der Waals surface area (Å²) in [5, 5.41) is 14.0. The largest absolute Gasteiger partial charge is 0.390 e. The van der Waals surface area contributed by atoms with E-state index in [0.29, 0.717) is 5.69 Å². The van der Waals surface area contributed by atoms with Crippen LogP contribution in [0.4, 0.5) is 0 Å². The third-order valence-electron chi connectivity index (χ3n) is 3.32. The van der Waals surface area contributed by atoms with E-state index in [1.165, 1.54) is 5.56 Å². The second-order valence-corrected chi connectivity index (χ2v) is 4.79. The Kier molecular flexibility index (Phi) is 3.35. The van der Waals surface area contributed by atoms with Crippen molar-refractivity contribution in [1.82, 2.24) is 9.78 Å². The molecule has 0 fully saturated rings. The van der Waals surface area contributed by atoms with E-state index >= 15 is 0 Å². The van der Waals surface area contributed by atoms with Gasteiger partial charge in [0.25, 0.3) is 0 Å². The molecule has 0 saturated carbocycles. The Labute approximate surface area is 118 Å². The van der Waals surface area contributed by atoms with Crippen LogP contribution in [0.5, 0.6) is 0 Å². The molecule has 0 atom stereocenters. The predicted octanol–water partition coefficient (Wildman–Crippen LogP) is 3.34. The van der Waals surface area contributed by atoms with Gasteiger partial charge in [0.2, 0.25) is 0 Å². The maximum Gasteiger partial charge on any atom is 0.0961 e. The molecule has 20 heavy (non-hydrogen) atoms. The van der Waals surface area contributed by atoms with E-state index < -0.39 is 0 Å². The first-order valence-corrected chi connectivity index (χ1v) is 6.60. The van der Waals surface area contributed by atoms with Crippen LogP contribution in [0.1, 0.15) is 11.3 Å². The highest BCUT2D eigenvalue weighted by Crippen LogP contribution is 2.24. The van der Waals surface area contributed by atoms with Gasteiger partial charge in [0, 0.05) is 11.8 Å². The first kappa shape index (κ1) is 12.6. The van der Waals surface area contributed by atoms with Gasteiger partial charge in [0.1, 0.15) is 0 Å². The van der Waals surface area contributed by atoms with Crippen molar-refractivity contribution in [3.05, 3.63) is 72.1 Å². The lowest BCUT2D eigenvalue weighted by molar-refractivity contribution is 0.276. The summed E-state index contributed by atoms with van der Waals surface area (Å²) in [6.45, 7) is 1.99. The van der Waals surface area contributed by atoms with Crippen LogP contribution in [0.2, 0.25) is 0 Å². The highest BCUT2D eigenvalue weighted by molar-refractivity contribution is 5.65. The predicted molar refractivity (Wildman–Crippen MR) is 79.7 cm³/mol. The molecule has 3 aromatic rings. The second kappa shape index (κ2) is 5.31. The van der Waals surface area contributed by atoms with Crippen molar-refractivity contribution in [3.63, 3.8) is 0 Å². The van der Waals surface area contributed by atoms with Crippen molar-refractivity contribution in [2.24, 2.45) is 0 Å². The van der Waals surface area contributed by atoms with Crippen LogP contribution in [0.25, 0.3) is 16.8 Å². The second-order valence-electron chi connectivity index (χ2n) is 4.79. The minimum absolute atomic E-state index is 0.0664. The number of aliphatic hydroxyl groups excluding tert-OH is 1. The lowest BCUT2D eigenvalue weighted by Crippen LogP contribution is -1.95. The smallest absolute Gasteiger partial charge is 0.0961 e.